The number of rotatable bonds is 1. The van der Waals surface area contributed by atoms with Gasteiger partial charge in [-0.05, 0) is 6.42 Å². The predicted molar refractivity (Wildman–Crippen MR) is 39.7 cm³/mol. The number of ether oxygens (including phenoxy) is 1. The fraction of sp³-hybridized carbons (Fsp3) is 0.571. The minimum absolute atomic E-state index is 0.324. The van der Waals surface area contributed by atoms with Gasteiger partial charge in [0.1, 0.15) is 5.82 Å². The lowest BCUT2D eigenvalue weighted by atomic mass is 10.4. The highest BCUT2D eigenvalue weighted by Crippen LogP contribution is 2.14. The molecule has 5 nitrogen and oxygen atoms in total. The molecule has 1 aromatic rings. The summed E-state index contributed by atoms with van der Waals surface area (Å²) >= 11 is 0. The van der Waals surface area contributed by atoms with Crippen molar-refractivity contribution in [2.45, 2.75) is 19.4 Å². The van der Waals surface area contributed by atoms with E-state index in [0.717, 1.165) is 25.2 Å². The maximum absolute atomic E-state index is 11.1. The molecule has 0 radical (unpaired) electrons. The lowest BCUT2D eigenvalue weighted by Crippen LogP contribution is -2.10. The van der Waals surface area contributed by atoms with E-state index in [0.29, 0.717) is 5.82 Å². The summed E-state index contributed by atoms with van der Waals surface area (Å²) in [6.07, 6.45) is 1.94. The zero-order chi connectivity index (χ0) is 8.55. The van der Waals surface area contributed by atoms with Crippen molar-refractivity contribution in [3.05, 3.63) is 11.6 Å². The van der Waals surface area contributed by atoms with Crippen LogP contribution in [0.5, 0.6) is 0 Å². The first kappa shape index (κ1) is 7.27. The number of carbonyl (C=O) groups excluding carboxylic acids is 1. The summed E-state index contributed by atoms with van der Waals surface area (Å²) in [5.41, 5.74) is 0. The molecule has 0 atom stereocenters. The van der Waals surface area contributed by atoms with E-state index in [4.69, 9.17) is 0 Å². The summed E-state index contributed by atoms with van der Waals surface area (Å²) in [6.45, 7) is 0.826. The van der Waals surface area contributed by atoms with Crippen molar-refractivity contribution < 1.29 is 9.53 Å². The van der Waals surface area contributed by atoms with Crippen LogP contribution in [0.25, 0.3) is 0 Å². The van der Waals surface area contributed by atoms with Crippen LogP contribution in [0.1, 0.15) is 22.9 Å². The Balaban J connectivity index is 2.39. The molecule has 0 unspecified atom stereocenters. The molecule has 2 heterocycles. The van der Waals surface area contributed by atoms with E-state index in [2.05, 4.69) is 14.9 Å². The molecule has 0 spiro atoms. The Bertz CT molecular complexity index is 318. The second kappa shape index (κ2) is 2.58. The molecule has 0 aromatic carbocycles. The van der Waals surface area contributed by atoms with Crippen molar-refractivity contribution in [3.8, 4) is 0 Å². The Hall–Kier alpha value is -1.39. The molecule has 1 aliphatic heterocycles. The van der Waals surface area contributed by atoms with Crippen molar-refractivity contribution in [1.29, 1.82) is 0 Å². The number of hydrogen-bond acceptors (Lipinski definition) is 4. The minimum atomic E-state index is -0.407. The van der Waals surface area contributed by atoms with Crippen LogP contribution >= 0.6 is 0 Å². The normalized spacial score (nSPS) is 14.4. The summed E-state index contributed by atoms with van der Waals surface area (Å²) in [4.78, 5) is 11.1. The smallest absolute Gasteiger partial charge is 0.376 e. The molecule has 5 heteroatoms. The van der Waals surface area contributed by atoms with Gasteiger partial charge in [0.15, 0.2) is 0 Å². The van der Waals surface area contributed by atoms with E-state index < -0.39 is 5.97 Å². The van der Waals surface area contributed by atoms with Gasteiger partial charge < -0.3 is 9.30 Å². The molecule has 0 N–H and O–H groups in total. The van der Waals surface area contributed by atoms with E-state index in [1.54, 1.807) is 0 Å². The molecular weight excluding hydrogens is 158 g/mol. The van der Waals surface area contributed by atoms with Gasteiger partial charge >= 0.3 is 5.97 Å². The van der Waals surface area contributed by atoms with Crippen molar-refractivity contribution in [1.82, 2.24) is 14.8 Å². The van der Waals surface area contributed by atoms with E-state index in [-0.39, 0.29) is 0 Å². The predicted octanol–water partition coefficient (Wildman–Crippen LogP) is 0.0109. The largest absolute Gasteiger partial charge is 0.463 e. The molecule has 0 saturated heterocycles. The van der Waals surface area contributed by atoms with E-state index in [1.165, 1.54) is 7.11 Å². The van der Waals surface area contributed by atoms with Gasteiger partial charge in [0, 0.05) is 13.0 Å². The fourth-order valence-electron chi connectivity index (χ4n) is 1.39. The highest BCUT2D eigenvalue weighted by molar-refractivity contribution is 5.85. The maximum atomic E-state index is 11.1. The second-order valence-electron chi connectivity index (χ2n) is 2.69. The fourth-order valence-corrected chi connectivity index (χ4v) is 1.39. The van der Waals surface area contributed by atoms with Crippen LogP contribution in [0.3, 0.4) is 0 Å². The zero-order valence-corrected chi connectivity index (χ0v) is 6.78. The van der Waals surface area contributed by atoms with Gasteiger partial charge in [-0.15, -0.1) is 10.2 Å². The average Bonchev–Trinajstić information content (AvgIpc) is 2.62. The van der Waals surface area contributed by atoms with Crippen molar-refractivity contribution >= 4 is 5.97 Å². The number of methoxy groups -OCH3 is 1. The van der Waals surface area contributed by atoms with Gasteiger partial charge in [0.2, 0.25) is 5.82 Å². The number of aryl methyl sites for hydroxylation is 1. The third-order valence-corrected chi connectivity index (χ3v) is 1.98. The van der Waals surface area contributed by atoms with E-state index in [9.17, 15) is 4.79 Å². The molecule has 64 valence electrons. The highest BCUT2D eigenvalue weighted by Gasteiger charge is 2.22. The molecule has 1 aliphatic rings. The van der Waals surface area contributed by atoms with Crippen molar-refractivity contribution in [3.63, 3.8) is 0 Å². The van der Waals surface area contributed by atoms with Gasteiger partial charge in [-0.1, -0.05) is 0 Å². The summed E-state index contributed by atoms with van der Waals surface area (Å²) < 4.78 is 6.37. The Morgan fingerprint density at radius 3 is 3.17 bits per heavy atom. The van der Waals surface area contributed by atoms with Crippen molar-refractivity contribution in [2.75, 3.05) is 7.11 Å². The molecule has 0 fully saturated rings. The van der Waals surface area contributed by atoms with Gasteiger partial charge in [0.25, 0.3) is 0 Å². The number of aromatic nitrogens is 3. The average molecular weight is 167 g/mol. The molecule has 1 aromatic heterocycles. The Labute approximate surface area is 69.4 Å². The van der Waals surface area contributed by atoms with E-state index >= 15 is 0 Å². The molecule has 12 heavy (non-hydrogen) atoms. The quantitative estimate of drug-likeness (QED) is 0.553. The van der Waals surface area contributed by atoms with Crippen LogP contribution in [0.15, 0.2) is 0 Å². The van der Waals surface area contributed by atoms with E-state index in [1.807, 2.05) is 4.57 Å². The number of fused-ring (bicyclic) bond motifs is 1. The third kappa shape index (κ3) is 0.895. The number of nitrogens with zero attached hydrogens (tertiary/aromatic N) is 3. The van der Waals surface area contributed by atoms with Crippen LogP contribution in [-0.4, -0.2) is 27.8 Å². The second-order valence-corrected chi connectivity index (χ2v) is 2.69. The van der Waals surface area contributed by atoms with Gasteiger partial charge in [-0.2, -0.15) is 0 Å². The minimum Gasteiger partial charge on any atom is -0.463 e. The summed E-state index contributed by atoms with van der Waals surface area (Å²) in [6, 6.07) is 0. The van der Waals surface area contributed by atoms with Crippen LogP contribution in [0.4, 0.5) is 0 Å². The first-order chi connectivity index (χ1) is 5.83. The zero-order valence-electron chi connectivity index (χ0n) is 6.78. The van der Waals surface area contributed by atoms with Crippen LogP contribution < -0.4 is 0 Å². The summed E-state index contributed by atoms with van der Waals surface area (Å²) in [7, 11) is 1.35. The van der Waals surface area contributed by atoms with Crippen LogP contribution in [-0.2, 0) is 17.7 Å². The Kier molecular flexibility index (Phi) is 1.56. The Morgan fingerprint density at radius 1 is 1.58 bits per heavy atom. The summed E-state index contributed by atoms with van der Waals surface area (Å²) in [5.74, 6) is 0.802. The standard InChI is InChI=1S/C7H9N3O2/c1-12-7(11)6-9-8-5-3-2-4-10(5)6/h2-4H2,1H3. The monoisotopic (exact) mass is 167 g/mol. The molecular formula is C7H9N3O2. The van der Waals surface area contributed by atoms with Gasteiger partial charge in [0.05, 0.1) is 7.11 Å². The lowest BCUT2D eigenvalue weighted by Gasteiger charge is -1.98. The Morgan fingerprint density at radius 2 is 2.42 bits per heavy atom. The summed E-state index contributed by atoms with van der Waals surface area (Å²) in [5, 5.41) is 7.62. The highest BCUT2D eigenvalue weighted by atomic mass is 16.5. The molecule has 2 rings (SSSR count). The molecule has 0 aliphatic carbocycles. The first-order valence-corrected chi connectivity index (χ1v) is 3.83. The molecule has 0 amide bonds. The van der Waals surface area contributed by atoms with Crippen LogP contribution in [0.2, 0.25) is 0 Å². The number of hydrogen-bond donors (Lipinski definition) is 0. The van der Waals surface area contributed by atoms with Gasteiger partial charge in [-0.25, -0.2) is 4.79 Å². The topological polar surface area (TPSA) is 57.0 Å². The molecule has 0 bridgehead atoms. The molecule has 0 saturated carbocycles. The van der Waals surface area contributed by atoms with Crippen molar-refractivity contribution in [2.24, 2.45) is 0 Å². The first-order valence-electron chi connectivity index (χ1n) is 3.83. The third-order valence-electron chi connectivity index (χ3n) is 1.98. The SMILES string of the molecule is COC(=O)c1nnc2n1CCC2. The lowest BCUT2D eigenvalue weighted by molar-refractivity contribution is 0.0581. The maximum Gasteiger partial charge on any atom is 0.376 e. The number of esters is 1. The number of carbonyl (C=O) groups is 1. The van der Waals surface area contributed by atoms with Gasteiger partial charge in [-0.3, -0.25) is 0 Å². The van der Waals surface area contributed by atoms with Crippen LogP contribution in [0, 0.1) is 0 Å².